The third kappa shape index (κ3) is 2.34. The van der Waals surface area contributed by atoms with E-state index in [9.17, 15) is 13.2 Å². The Balaban J connectivity index is 2.47. The predicted molar refractivity (Wildman–Crippen MR) is 66.2 cm³/mol. The van der Waals surface area contributed by atoms with Gasteiger partial charge < -0.3 is 10.6 Å². The third-order valence-corrected chi connectivity index (χ3v) is 5.06. The molecule has 1 aromatic rings. The first-order valence-electron chi connectivity index (χ1n) is 4.61. The predicted octanol–water partition coefficient (Wildman–Crippen LogP) is 1.59. The maximum atomic E-state index is 11.7. The molecule has 0 radical (unpaired) electrons. The van der Waals surface area contributed by atoms with Crippen LogP contribution in [0.5, 0.6) is 0 Å². The van der Waals surface area contributed by atoms with Crippen molar-refractivity contribution in [1.82, 2.24) is 0 Å². The molecule has 5 nitrogen and oxygen atoms in total. The standard InChI is InChI=1S/C9H8Cl2N2O3S/c10-9(11)17(15,16)5-1-2-6-7(3-5)13-8(14)4-12-6/h1-3,9,12H,4H2,(H,13,14). The van der Waals surface area contributed by atoms with Gasteiger partial charge in [0, 0.05) is 0 Å². The van der Waals surface area contributed by atoms with Gasteiger partial charge in [0.2, 0.25) is 19.9 Å². The van der Waals surface area contributed by atoms with Crippen molar-refractivity contribution in [2.45, 2.75) is 9.06 Å². The van der Waals surface area contributed by atoms with Crippen molar-refractivity contribution in [2.24, 2.45) is 0 Å². The Kier molecular flexibility index (Phi) is 3.20. The maximum absolute atomic E-state index is 11.7. The summed E-state index contributed by atoms with van der Waals surface area (Å²) in [6.07, 6.45) is 0. The Bertz CT molecular complexity index is 572. The molecule has 8 heteroatoms. The van der Waals surface area contributed by atoms with E-state index in [1.807, 2.05) is 0 Å². The molecular weight excluding hydrogens is 287 g/mol. The molecule has 0 saturated carbocycles. The molecule has 17 heavy (non-hydrogen) atoms. The Hall–Kier alpha value is -0.980. The summed E-state index contributed by atoms with van der Waals surface area (Å²) in [6, 6.07) is 4.26. The monoisotopic (exact) mass is 294 g/mol. The van der Waals surface area contributed by atoms with Gasteiger partial charge in [-0.15, -0.1) is 0 Å². The average molecular weight is 295 g/mol. The molecule has 0 fully saturated rings. The van der Waals surface area contributed by atoms with Crippen molar-refractivity contribution in [3.8, 4) is 0 Å². The number of benzene rings is 1. The molecule has 1 aliphatic heterocycles. The van der Waals surface area contributed by atoms with Gasteiger partial charge in [-0.3, -0.25) is 4.79 Å². The van der Waals surface area contributed by atoms with E-state index in [0.717, 1.165) is 0 Å². The number of fused-ring (bicyclic) bond motifs is 1. The lowest BCUT2D eigenvalue weighted by molar-refractivity contribution is -0.114. The minimum absolute atomic E-state index is 0.0322. The quantitative estimate of drug-likeness (QED) is 0.812. The molecule has 0 atom stereocenters. The van der Waals surface area contributed by atoms with Gasteiger partial charge in [0.25, 0.3) is 0 Å². The van der Waals surface area contributed by atoms with Gasteiger partial charge in [-0.1, -0.05) is 23.2 Å². The van der Waals surface area contributed by atoms with Crippen LogP contribution in [-0.4, -0.2) is 25.0 Å². The Morgan fingerprint density at radius 3 is 2.59 bits per heavy atom. The minimum atomic E-state index is -3.78. The van der Waals surface area contributed by atoms with E-state index < -0.39 is 14.0 Å². The second kappa shape index (κ2) is 4.36. The number of anilines is 2. The molecule has 2 N–H and O–H groups in total. The molecule has 0 spiro atoms. The number of amides is 1. The molecule has 1 aliphatic rings. The van der Waals surface area contributed by atoms with Gasteiger partial charge in [-0.05, 0) is 18.2 Å². The fourth-order valence-corrected chi connectivity index (χ4v) is 2.79. The van der Waals surface area contributed by atoms with Crippen molar-refractivity contribution in [3.05, 3.63) is 18.2 Å². The molecule has 1 aromatic carbocycles. The maximum Gasteiger partial charge on any atom is 0.243 e. The average Bonchev–Trinajstić information content (AvgIpc) is 2.27. The first-order valence-corrected chi connectivity index (χ1v) is 7.03. The molecule has 92 valence electrons. The smallest absolute Gasteiger partial charge is 0.243 e. The third-order valence-electron chi connectivity index (χ3n) is 2.27. The number of hydrogen-bond donors (Lipinski definition) is 2. The number of rotatable bonds is 2. The van der Waals surface area contributed by atoms with Gasteiger partial charge in [-0.25, -0.2) is 8.42 Å². The number of sulfone groups is 1. The van der Waals surface area contributed by atoms with E-state index in [1.54, 1.807) is 6.07 Å². The second-order valence-corrected chi connectivity index (χ2v) is 7.06. The van der Waals surface area contributed by atoms with Crippen molar-refractivity contribution in [2.75, 3.05) is 17.2 Å². The number of carbonyl (C=O) groups is 1. The summed E-state index contributed by atoms with van der Waals surface area (Å²) in [7, 11) is -3.78. The summed E-state index contributed by atoms with van der Waals surface area (Å²) in [4.78, 5) is 11.1. The molecular formula is C9H8Cl2N2O3S. The SMILES string of the molecule is O=C1CNc2ccc(S(=O)(=O)C(Cl)Cl)cc2N1. The number of halogens is 2. The molecule has 0 unspecified atom stereocenters. The van der Waals surface area contributed by atoms with E-state index in [1.165, 1.54) is 12.1 Å². The molecule has 0 saturated heterocycles. The van der Waals surface area contributed by atoms with Gasteiger partial charge in [0.15, 0.2) is 0 Å². The largest absolute Gasteiger partial charge is 0.374 e. The van der Waals surface area contributed by atoms with E-state index >= 15 is 0 Å². The van der Waals surface area contributed by atoms with Crippen LogP contribution in [0.4, 0.5) is 11.4 Å². The highest BCUT2D eigenvalue weighted by molar-refractivity contribution is 7.94. The van der Waals surface area contributed by atoms with Crippen molar-refractivity contribution in [3.63, 3.8) is 0 Å². The Morgan fingerprint density at radius 1 is 1.24 bits per heavy atom. The number of carbonyl (C=O) groups excluding carboxylic acids is 1. The van der Waals surface area contributed by atoms with Crippen LogP contribution in [0, 0.1) is 0 Å². The van der Waals surface area contributed by atoms with Gasteiger partial charge in [0.1, 0.15) is 0 Å². The lowest BCUT2D eigenvalue weighted by Gasteiger charge is -2.19. The molecule has 1 amide bonds. The highest BCUT2D eigenvalue weighted by Gasteiger charge is 2.25. The molecule has 2 rings (SSSR count). The number of alkyl halides is 2. The van der Waals surface area contributed by atoms with Crippen LogP contribution in [0.15, 0.2) is 23.1 Å². The highest BCUT2D eigenvalue weighted by Crippen LogP contribution is 2.30. The summed E-state index contributed by atoms with van der Waals surface area (Å²) in [5.41, 5.74) is 1.06. The zero-order valence-corrected chi connectivity index (χ0v) is 10.7. The van der Waals surface area contributed by atoms with E-state index in [0.29, 0.717) is 11.4 Å². The summed E-state index contributed by atoms with van der Waals surface area (Å²) >= 11 is 10.8. The fraction of sp³-hybridized carbons (Fsp3) is 0.222. The molecule has 1 heterocycles. The van der Waals surface area contributed by atoms with Crippen LogP contribution < -0.4 is 10.6 Å². The van der Waals surface area contributed by atoms with E-state index in [4.69, 9.17) is 23.2 Å². The zero-order chi connectivity index (χ0) is 12.6. The summed E-state index contributed by atoms with van der Waals surface area (Å²) in [6.45, 7) is 0.159. The van der Waals surface area contributed by atoms with Crippen LogP contribution in [0.1, 0.15) is 0 Å². The first-order chi connectivity index (χ1) is 7.91. The van der Waals surface area contributed by atoms with E-state index in [-0.39, 0.29) is 17.3 Å². The molecule has 0 bridgehead atoms. The lowest BCUT2D eigenvalue weighted by Crippen LogP contribution is -2.27. The van der Waals surface area contributed by atoms with Crippen molar-refractivity contribution < 1.29 is 13.2 Å². The van der Waals surface area contributed by atoms with Crippen LogP contribution in [0.3, 0.4) is 0 Å². The minimum Gasteiger partial charge on any atom is -0.374 e. The second-order valence-electron chi connectivity index (χ2n) is 3.41. The van der Waals surface area contributed by atoms with Gasteiger partial charge in [0.05, 0.1) is 22.8 Å². The summed E-state index contributed by atoms with van der Waals surface area (Å²) in [5.74, 6) is -0.236. The van der Waals surface area contributed by atoms with E-state index in [2.05, 4.69) is 10.6 Å². The van der Waals surface area contributed by atoms with Crippen LogP contribution in [-0.2, 0) is 14.6 Å². The normalized spacial score (nSPS) is 15.1. The van der Waals surface area contributed by atoms with Crippen LogP contribution in [0.25, 0.3) is 0 Å². The van der Waals surface area contributed by atoms with Crippen LogP contribution >= 0.6 is 23.2 Å². The van der Waals surface area contributed by atoms with Gasteiger partial charge in [-0.2, -0.15) is 0 Å². The summed E-state index contributed by atoms with van der Waals surface area (Å²) < 4.78 is 21.9. The Morgan fingerprint density at radius 2 is 1.94 bits per heavy atom. The van der Waals surface area contributed by atoms with Crippen molar-refractivity contribution in [1.29, 1.82) is 0 Å². The highest BCUT2D eigenvalue weighted by atomic mass is 35.5. The number of nitrogens with one attached hydrogen (secondary N) is 2. The Labute approximate surface area is 108 Å². The van der Waals surface area contributed by atoms with Gasteiger partial charge >= 0.3 is 0 Å². The lowest BCUT2D eigenvalue weighted by atomic mass is 10.2. The first kappa shape index (κ1) is 12.5. The number of hydrogen-bond acceptors (Lipinski definition) is 4. The fourth-order valence-electron chi connectivity index (χ4n) is 1.43. The zero-order valence-electron chi connectivity index (χ0n) is 8.41. The summed E-state index contributed by atoms with van der Waals surface area (Å²) in [5, 5.41) is 5.41. The van der Waals surface area contributed by atoms with Crippen molar-refractivity contribution >= 4 is 50.3 Å². The molecule has 0 aromatic heterocycles. The van der Waals surface area contributed by atoms with Crippen LogP contribution in [0.2, 0.25) is 0 Å². The topological polar surface area (TPSA) is 75.3 Å². The molecule has 0 aliphatic carbocycles.